The predicted octanol–water partition coefficient (Wildman–Crippen LogP) is 4.76. The SMILES string of the molecule is COc1cc(OC)c(C(c2cccc(C(F)(F)F)c2)N2CCCCC2C(=O)O)cc1OC. The van der Waals surface area contributed by atoms with Gasteiger partial charge in [-0.3, -0.25) is 9.69 Å². The quantitative estimate of drug-likeness (QED) is 0.652. The van der Waals surface area contributed by atoms with Crippen molar-refractivity contribution >= 4 is 5.97 Å². The van der Waals surface area contributed by atoms with E-state index in [9.17, 15) is 23.1 Å². The number of methoxy groups -OCH3 is 3. The standard InChI is InChI=1S/C23H26F3NO5/c1-30-18-13-20(32-3)19(31-2)12-16(18)21(27-10-5-4-9-17(27)22(28)29)14-7-6-8-15(11-14)23(24,25)26/h6-8,11-13,17,21H,4-5,9-10H2,1-3H3,(H,28,29). The van der Waals surface area contributed by atoms with E-state index in [1.54, 1.807) is 23.1 Å². The van der Waals surface area contributed by atoms with Crippen molar-refractivity contribution in [1.29, 1.82) is 0 Å². The highest BCUT2D eigenvalue weighted by Crippen LogP contribution is 2.44. The molecule has 1 saturated heterocycles. The van der Waals surface area contributed by atoms with Gasteiger partial charge in [-0.2, -0.15) is 13.2 Å². The molecule has 1 aliphatic rings. The summed E-state index contributed by atoms with van der Waals surface area (Å²) in [5, 5.41) is 9.85. The number of halogens is 3. The Morgan fingerprint density at radius 3 is 2.28 bits per heavy atom. The molecule has 2 aromatic carbocycles. The molecule has 2 aromatic rings. The van der Waals surface area contributed by atoms with Gasteiger partial charge in [-0.1, -0.05) is 18.6 Å². The Kier molecular flexibility index (Phi) is 7.18. The Morgan fingerprint density at radius 1 is 1.03 bits per heavy atom. The van der Waals surface area contributed by atoms with Gasteiger partial charge in [0.15, 0.2) is 11.5 Å². The number of carboxylic acids is 1. The first-order valence-corrected chi connectivity index (χ1v) is 10.2. The zero-order chi connectivity index (χ0) is 23.5. The van der Waals surface area contributed by atoms with Gasteiger partial charge in [0.2, 0.25) is 0 Å². The van der Waals surface area contributed by atoms with Gasteiger partial charge in [-0.05, 0) is 43.1 Å². The lowest BCUT2D eigenvalue weighted by molar-refractivity contribution is -0.145. The number of carboxylic acid groups (broad SMARTS) is 1. The van der Waals surface area contributed by atoms with E-state index in [4.69, 9.17) is 14.2 Å². The third kappa shape index (κ3) is 4.77. The molecular formula is C23H26F3NO5. The van der Waals surface area contributed by atoms with E-state index < -0.39 is 29.8 Å². The fourth-order valence-electron chi connectivity index (χ4n) is 4.23. The summed E-state index contributed by atoms with van der Waals surface area (Å²) in [6.45, 7) is 0.412. The second-order valence-electron chi connectivity index (χ2n) is 7.56. The van der Waals surface area contributed by atoms with Gasteiger partial charge in [-0.25, -0.2) is 0 Å². The van der Waals surface area contributed by atoms with E-state index >= 15 is 0 Å². The summed E-state index contributed by atoms with van der Waals surface area (Å²) in [5.74, 6) is 0.106. The maximum absolute atomic E-state index is 13.5. The van der Waals surface area contributed by atoms with E-state index in [0.717, 1.165) is 25.0 Å². The molecule has 0 amide bonds. The Bertz CT molecular complexity index is 963. The lowest BCUT2D eigenvalue weighted by Gasteiger charge is -2.40. The number of aliphatic carboxylic acids is 1. The van der Waals surface area contributed by atoms with E-state index in [2.05, 4.69) is 0 Å². The van der Waals surface area contributed by atoms with Crippen LogP contribution in [0, 0.1) is 0 Å². The fourth-order valence-corrected chi connectivity index (χ4v) is 4.23. The highest BCUT2D eigenvalue weighted by Gasteiger charge is 2.38. The number of nitrogens with zero attached hydrogens (tertiary/aromatic N) is 1. The molecule has 3 rings (SSSR count). The molecule has 6 nitrogen and oxygen atoms in total. The van der Waals surface area contributed by atoms with Crippen molar-refractivity contribution in [2.45, 2.75) is 37.5 Å². The van der Waals surface area contributed by atoms with Crippen LogP contribution in [0.1, 0.15) is 42.0 Å². The summed E-state index contributed by atoms with van der Waals surface area (Å²) in [6.07, 6.45) is -2.67. The summed E-state index contributed by atoms with van der Waals surface area (Å²) in [6, 6.07) is 6.55. The first-order valence-electron chi connectivity index (χ1n) is 10.2. The highest BCUT2D eigenvalue weighted by molar-refractivity contribution is 5.74. The monoisotopic (exact) mass is 453 g/mol. The van der Waals surface area contributed by atoms with Crippen molar-refractivity contribution in [3.05, 3.63) is 53.1 Å². The van der Waals surface area contributed by atoms with Crippen molar-refractivity contribution in [3.8, 4) is 17.2 Å². The number of hydrogen-bond acceptors (Lipinski definition) is 5. The van der Waals surface area contributed by atoms with Gasteiger partial charge in [0.1, 0.15) is 11.8 Å². The summed E-state index contributed by atoms with van der Waals surface area (Å²) >= 11 is 0. The van der Waals surface area contributed by atoms with Gasteiger partial charge in [0.05, 0.1) is 32.9 Å². The average molecular weight is 453 g/mol. The first-order chi connectivity index (χ1) is 15.2. The van der Waals surface area contributed by atoms with Crippen LogP contribution in [0.25, 0.3) is 0 Å². The van der Waals surface area contributed by atoms with Gasteiger partial charge in [0, 0.05) is 11.6 Å². The van der Waals surface area contributed by atoms with Crippen LogP contribution in [0.4, 0.5) is 13.2 Å². The van der Waals surface area contributed by atoms with Crippen molar-refractivity contribution in [2.24, 2.45) is 0 Å². The van der Waals surface area contributed by atoms with Crippen LogP contribution in [-0.4, -0.2) is 49.9 Å². The molecule has 2 atom stereocenters. The number of rotatable bonds is 7. The van der Waals surface area contributed by atoms with Gasteiger partial charge in [-0.15, -0.1) is 0 Å². The topological polar surface area (TPSA) is 68.2 Å². The molecular weight excluding hydrogens is 427 g/mol. The number of carbonyl (C=O) groups is 1. The first kappa shape index (κ1) is 23.7. The van der Waals surface area contributed by atoms with Gasteiger partial charge < -0.3 is 19.3 Å². The molecule has 32 heavy (non-hydrogen) atoms. The fraction of sp³-hybridized carbons (Fsp3) is 0.435. The maximum Gasteiger partial charge on any atom is 0.416 e. The van der Waals surface area contributed by atoms with Crippen LogP contribution in [0.5, 0.6) is 17.2 Å². The molecule has 1 heterocycles. The molecule has 0 radical (unpaired) electrons. The third-order valence-corrected chi connectivity index (χ3v) is 5.72. The minimum atomic E-state index is -4.53. The van der Waals surface area contributed by atoms with E-state index in [1.165, 1.54) is 27.4 Å². The molecule has 1 fully saturated rings. The van der Waals surface area contributed by atoms with Crippen LogP contribution < -0.4 is 14.2 Å². The normalized spacial score (nSPS) is 18.1. The Morgan fingerprint density at radius 2 is 1.69 bits per heavy atom. The van der Waals surface area contributed by atoms with Crippen LogP contribution in [-0.2, 0) is 11.0 Å². The van der Waals surface area contributed by atoms with E-state index in [1.807, 2.05) is 0 Å². The number of piperidine rings is 1. The van der Waals surface area contributed by atoms with Crippen molar-refractivity contribution < 1.29 is 37.3 Å². The van der Waals surface area contributed by atoms with Crippen LogP contribution >= 0.6 is 0 Å². The molecule has 0 aromatic heterocycles. The number of ether oxygens (including phenoxy) is 3. The largest absolute Gasteiger partial charge is 0.496 e. The number of hydrogen-bond donors (Lipinski definition) is 1. The Balaban J connectivity index is 2.26. The molecule has 0 saturated carbocycles. The van der Waals surface area contributed by atoms with Crippen molar-refractivity contribution in [2.75, 3.05) is 27.9 Å². The van der Waals surface area contributed by atoms with E-state index in [0.29, 0.717) is 41.3 Å². The lowest BCUT2D eigenvalue weighted by Crippen LogP contribution is -2.47. The van der Waals surface area contributed by atoms with Crippen LogP contribution in [0.3, 0.4) is 0 Å². The number of alkyl halides is 3. The van der Waals surface area contributed by atoms with Crippen LogP contribution in [0.15, 0.2) is 36.4 Å². The molecule has 0 spiro atoms. The summed E-state index contributed by atoms with van der Waals surface area (Å²) < 4.78 is 56.7. The molecule has 0 bridgehead atoms. The number of benzene rings is 2. The molecule has 9 heteroatoms. The minimum Gasteiger partial charge on any atom is -0.496 e. The predicted molar refractivity (Wildman–Crippen MR) is 111 cm³/mol. The molecule has 1 aliphatic heterocycles. The average Bonchev–Trinajstić information content (AvgIpc) is 2.78. The maximum atomic E-state index is 13.5. The third-order valence-electron chi connectivity index (χ3n) is 5.72. The Hall–Kier alpha value is -2.94. The van der Waals surface area contributed by atoms with Gasteiger partial charge in [0.25, 0.3) is 0 Å². The summed E-state index contributed by atoms with van der Waals surface area (Å²) in [4.78, 5) is 13.8. The van der Waals surface area contributed by atoms with E-state index in [-0.39, 0.29) is 0 Å². The summed E-state index contributed by atoms with van der Waals surface area (Å²) in [7, 11) is 4.36. The molecule has 1 N–H and O–H groups in total. The minimum absolute atomic E-state index is 0.318. The second kappa shape index (κ2) is 9.68. The molecule has 174 valence electrons. The zero-order valence-electron chi connectivity index (χ0n) is 18.1. The van der Waals surface area contributed by atoms with Crippen molar-refractivity contribution in [3.63, 3.8) is 0 Å². The molecule has 2 unspecified atom stereocenters. The second-order valence-corrected chi connectivity index (χ2v) is 7.56. The lowest BCUT2D eigenvalue weighted by atomic mass is 9.90. The number of likely N-dealkylation sites (tertiary alicyclic amines) is 1. The Labute approximate surface area is 184 Å². The smallest absolute Gasteiger partial charge is 0.416 e. The van der Waals surface area contributed by atoms with Gasteiger partial charge >= 0.3 is 12.1 Å². The highest BCUT2D eigenvalue weighted by atomic mass is 19.4. The van der Waals surface area contributed by atoms with Crippen molar-refractivity contribution in [1.82, 2.24) is 4.90 Å². The summed E-state index contributed by atoms with van der Waals surface area (Å²) in [5.41, 5.74) is 0.0134. The molecule has 0 aliphatic carbocycles. The van der Waals surface area contributed by atoms with Crippen LogP contribution in [0.2, 0.25) is 0 Å². The zero-order valence-corrected chi connectivity index (χ0v) is 18.1.